The summed E-state index contributed by atoms with van der Waals surface area (Å²) in [7, 11) is 0. The van der Waals surface area contributed by atoms with E-state index >= 15 is 0 Å². The van der Waals surface area contributed by atoms with Crippen molar-refractivity contribution in [2.24, 2.45) is 0 Å². The number of esters is 1. The normalized spacial score (nSPS) is 10.3. The highest BCUT2D eigenvalue weighted by Gasteiger charge is 2.00. The Morgan fingerprint density at radius 2 is 2.05 bits per heavy atom. The number of nitrogens with one attached hydrogen (secondary N) is 1. The summed E-state index contributed by atoms with van der Waals surface area (Å²) < 4.78 is 15.5. The second-order valence-corrected chi connectivity index (χ2v) is 4.27. The topological polar surface area (TPSA) is 56.8 Å². The zero-order valence-electron chi connectivity index (χ0n) is 12.2. The highest BCUT2D eigenvalue weighted by molar-refractivity contribution is 5.70. The minimum Gasteiger partial charge on any atom is -0.492 e. The van der Waals surface area contributed by atoms with Gasteiger partial charge < -0.3 is 19.5 Å². The molecule has 0 saturated heterocycles. The van der Waals surface area contributed by atoms with Crippen LogP contribution in [0.15, 0.2) is 24.3 Å². The minimum absolute atomic E-state index is 0.00924. The molecule has 0 radical (unpaired) electrons. The molecule has 5 heteroatoms. The van der Waals surface area contributed by atoms with Crippen LogP contribution in [0.2, 0.25) is 0 Å². The molecule has 0 spiro atoms. The molecular weight excluding hydrogens is 258 g/mol. The summed E-state index contributed by atoms with van der Waals surface area (Å²) in [5, 5.41) is 3.17. The summed E-state index contributed by atoms with van der Waals surface area (Å²) in [6.45, 7) is 6.68. The third-order valence-corrected chi connectivity index (χ3v) is 2.49. The maximum Gasteiger partial charge on any atom is 0.332 e. The van der Waals surface area contributed by atoms with E-state index in [1.165, 1.54) is 5.56 Å². The molecular formula is C15H23NO4. The van der Waals surface area contributed by atoms with Crippen LogP contribution in [0.5, 0.6) is 5.75 Å². The molecule has 0 heterocycles. The third kappa shape index (κ3) is 7.76. The molecule has 1 aromatic rings. The van der Waals surface area contributed by atoms with Crippen LogP contribution in [0.25, 0.3) is 0 Å². The molecule has 0 atom stereocenters. The first kappa shape index (κ1) is 16.5. The second kappa shape index (κ2) is 10.2. The number of hydrogen-bond acceptors (Lipinski definition) is 5. The lowest BCUT2D eigenvalue weighted by Crippen LogP contribution is -2.26. The van der Waals surface area contributed by atoms with Gasteiger partial charge in [-0.25, -0.2) is 4.79 Å². The van der Waals surface area contributed by atoms with E-state index in [1.807, 2.05) is 31.2 Å². The first-order valence-corrected chi connectivity index (χ1v) is 6.86. The van der Waals surface area contributed by atoms with Crippen LogP contribution < -0.4 is 10.1 Å². The number of carbonyl (C=O) groups excluding carboxylic acids is 1. The van der Waals surface area contributed by atoms with Crippen LogP contribution in [0.1, 0.15) is 12.5 Å². The first-order valence-electron chi connectivity index (χ1n) is 6.86. The Morgan fingerprint density at radius 1 is 1.25 bits per heavy atom. The molecule has 20 heavy (non-hydrogen) atoms. The summed E-state index contributed by atoms with van der Waals surface area (Å²) in [6.07, 6.45) is 0. The molecule has 0 bridgehead atoms. The molecule has 5 nitrogen and oxygen atoms in total. The lowest BCUT2D eigenvalue weighted by Gasteiger charge is -2.08. The van der Waals surface area contributed by atoms with E-state index in [-0.39, 0.29) is 12.6 Å². The lowest BCUT2D eigenvalue weighted by atomic mass is 10.2. The number of ether oxygens (including phenoxy) is 3. The van der Waals surface area contributed by atoms with Crippen molar-refractivity contribution in [3.8, 4) is 5.75 Å². The van der Waals surface area contributed by atoms with Crippen molar-refractivity contribution < 1.29 is 19.0 Å². The van der Waals surface area contributed by atoms with E-state index in [1.54, 1.807) is 6.92 Å². The highest BCUT2D eigenvalue weighted by atomic mass is 16.6. The second-order valence-electron chi connectivity index (χ2n) is 4.27. The third-order valence-electron chi connectivity index (χ3n) is 2.49. The number of carbonyl (C=O) groups is 1. The SMILES string of the molecule is CCOC(=O)COCCNCCOc1cccc(C)c1. The van der Waals surface area contributed by atoms with Crippen molar-refractivity contribution in [2.75, 3.05) is 39.5 Å². The lowest BCUT2D eigenvalue weighted by molar-refractivity contribution is -0.148. The van der Waals surface area contributed by atoms with E-state index < -0.39 is 0 Å². The molecule has 0 aliphatic carbocycles. The molecule has 1 aromatic carbocycles. The van der Waals surface area contributed by atoms with Gasteiger partial charge >= 0.3 is 5.97 Å². The molecule has 1 rings (SSSR count). The van der Waals surface area contributed by atoms with Gasteiger partial charge in [0.25, 0.3) is 0 Å². The average molecular weight is 281 g/mol. The molecule has 112 valence electrons. The Bertz CT molecular complexity index is 395. The summed E-state index contributed by atoms with van der Waals surface area (Å²) in [4.78, 5) is 11.0. The van der Waals surface area contributed by atoms with E-state index in [0.29, 0.717) is 26.4 Å². The summed E-state index contributed by atoms with van der Waals surface area (Å²) >= 11 is 0. The Labute approximate surface area is 120 Å². The molecule has 0 fully saturated rings. The summed E-state index contributed by atoms with van der Waals surface area (Å²) in [6, 6.07) is 7.95. The van der Waals surface area contributed by atoms with Crippen LogP contribution in [-0.4, -0.2) is 45.5 Å². The van der Waals surface area contributed by atoms with E-state index in [9.17, 15) is 4.79 Å². The molecule has 0 unspecified atom stereocenters. The zero-order valence-corrected chi connectivity index (χ0v) is 12.2. The summed E-state index contributed by atoms with van der Waals surface area (Å²) in [5.74, 6) is 0.556. The number of hydrogen-bond donors (Lipinski definition) is 1. The molecule has 0 aliphatic rings. The van der Waals surface area contributed by atoms with Gasteiger partial charge in [-0.05, 0) is 31.5 Å². The molecule has 1 N–H and O–H groups in total. The number of rotatable bonds is 10. The van der Waals surface area contributed by atoms with Crippen molar-refractivity contribution in [2.45, 2.75) is 13.8 Å². The fraction of sp³-hybridized carbons (Fsp3) is 0.533. The van der Waals surface area contributed by atoms with Crippen LogP contribution in [0.3, 0.4) is 0 Å². The van der Waals surface area contributed by atoms with Crippen molar-refractivity contribution in [1.29, 1.82) is 0 Å². The highest BCUT2D eigenvalue weighted by Crippen LogP contribution is 2.11. The largest absolute Gasteiger partial charge is 0.492 e. The predicted molar refractivity (Wildman–Crippen MR) is 77.0 cm³/mol. The zero-order chi connectivity index (χ0) is 14.6. The van der Waals surface area contributed by atoms with Crippen molar-refractivity contribution in [3.05, 3.63) is 29.8 Å². The van der Waals surface area contributed by atoms with Crippen molar-refractivity contribution in [1.82, 2.24) is 5.32 Å². The van der Waals surface area contributed by atoms with Crippen LogP contribution in [0.4, 0.5) is 0 Å². The van der Waals surface area contributed by atoms with Gasteiger partial charge in [-0.15, -0.1) is 0 Å². The van der Waals surface area contributed by atoms with E-state index in [4.69, 9.17) is 14.2 Å². The molecule has 0 aliphatic heterocycles. The van der Waals surface area contributed by atoms with E-state index in [2.05, 4.69) is 5.32 Å². The fourth-order valence-electron chi connectivity index (χ4n) is 1.57. The number of aryl methyl sites for hydroxylation is 1. The predicted octanol–water partition coefficient (Wildman–Crippen LogP) is 1.54. The van der Waals surface area contributed by atoms with Crippen LogP contribution in [-0.2, 0) is 14.3 Å². The van der Waals surface area contributed by atoms with Crippen molar-refractivity contribution in [3.63, 3.8) is 0 Å². The fourth-order valence-corrected chi connectivity index (χ4v) is 1.57. The van der Waals surface area contributed by atoms with Gasteiger partial charge in [-0.3, -0.25) is 0 Å². The molecule has 0 amide bonds. The smallest absolute Gasteiger partial charge is 0.332 e. The number of benzene rings is 1. The maximum absolute atomic E-state index is 11.0. The Hall–Kier alpha value is -1.59. The Morgan fingerprint density at radius 3 is 2.80 bits per heavy atom. The van der Waals surface area contributed by atoms with Crippen molar-refractivity contribution >= 4 is 5.97 Å². The average Bonchev–Trinajstić information content (AvgIpc) is 2.42. The van der Waals surface area contributed by atoms with Gasteiger partial charge in [0.2, 0.25) is 0 Å². The molecule has 0 aromatic heterocycles. The quantitative estimate of drug-likeness (QED) is 0.521. The van der Waals surface area contributed by atoms with Crippen LogP contribution >= 0.6 is 0 Å². The van der Waals surface area contributed by atoms with Gasteiger partial charge in [0.05, 0.1) is 13.2 Å². The Kier molecular flexibility index (Phi) is 8.42. The first-order chi connectivity index (χ1) is 9.72. The van der Waals surface area contributed by atoms with E-state index in [0.717, 1.165) is 12.3 Å². The standard InChI is InChI=1S/C15H23NO4/c1-3-19-15(17)12-18-9-7-16-8-10-20-14-6-4-5-13(2)11-14/h4-6,11,16H,3,7-10,12H2,1-2H3. The molecule has 0 saturated carbocycles. The minimum atomic E-state index is -0.324. The van der Waals surface area contributed by atoms with Gasteiger partial charge in [-0.1, -0.05) is 12.1 Å². The van der Waals surface area contributed by atoms with Gasteiger partial charge in [-0.2, -0.15) is 0 Å². The van der Waals surface area contributed by atoms with Gasteiger partial charge in [0, 0.05) is 13.1 Å². The monoisotopic (exact) mass is 281 g/mol. The van der Waals surface area contributed by atoms with Gasteiger partial charge in [0.15, 0.2) is 0 Å². The summed E-state index contributed by atoms with van der Waals surface area (Å²) in [5.41, 5.74) is 1.18. The van der Waals surface area contributed by atoms with Crippen LogP contribution in [0, 0.1) is 6.92 Å². The van der Waals surface area contributed by atoms with Gasteiger partial charge in [0.1, 0.15) is 19.0 Å². The maximum atomic E-state index is 11.0. The Balaban J connectivity index is 1.94.